The topological polar surface area (TPSA) is 0 Å². The van der Waals surface area contributed by atoms with E-state index in [1.807, 2.05) is 0 Å². The van der Waals surface area contributed by atoms with Gasteiger partial charge in [-0.15, -0.1) is 13.2 Å². The molecule has 1 fully saturated rings. The number of hydrogen-bond donors (Lipinski definition) is 0. The van der Waals surface area contributed by atoms with Crippen molar-refractivity contribution >= 4 is 13.2 Å². The summed E-state index contributed by atoms with van der Waals surface area (Å²) >= 11 is 0. The van der Waals surface area contributed by atoms with Gasteiger partial charge >= 0.3 is 0 Å². The van der Waals surface area contributed by atoms with Gasteiger partial charge in [-0.2, -0.15) is 0 Å². The van der Waals surface area contributed by atoms with Gasteiger partial charge in [0.15, 0.2) is 0 Å². The third-order valence-electron chi connectivity index (χ3n) is 1.40. The van der Waals surface area contributed by atoms with Gasteiger partial charge in [0.2, 0.25) is 0 Å². The lowest BCUT2D eigenvalue weighted by atomic mass is 10.5. The molecule has 0 bridgehead atoms. The molecular formula is C5H11P. The van der Waals surface area contributed by atoms with Crippen LogP contribution in [-0.4, -0.2) is 25.3 Å². The van der Waals surface area contributed by atoms with Crippen LogP contribution in [0.5, 0.6) is 0 Å². The van der Waals surface area contributed by atoms with E-state index in [0.29, 0.717) is 0 Å². The van der Waals surface area contributed by atoms with Crippen molar-refractivity contribution in [2.45, 2.75) is 6.42 Å². The minimum Gasteiger partial charge on any atom is -0.115 e. The van der Waals surface area contributed by atoms with Crippen LogP contribution in [0.2, 0.25) is 0 Å². The quantitative estimate of drug-likeness (QED) is 0.406. The van der Waals surface area contributed by atoms with Gasteiger partial charge in [0, 0.05) is 0 Å². The molecule has 0 radical (unpaired) electrons. The minimum atomic E-state index is -0.466. The molecule has 0 aromatic carbocycles. The summed E-state index contributed by atoms with van der Waals surface area (Å²) in [6.07, 6.45) is 8.44. The molecule has 1 rings (SSSR count). The van der Waals surface area contributed by atoms with E-state index in [1.165, 1.54) is 18.7 Å². The fourth-order valence-corrected chi connectivity index (χ4v) is 2.09. The molecular weight excluding hydrogens is 91.0 g/mol. The molecule has 0 amide bonds. The molecule has 0 aromatic rings. The second-order valence-electron chi connectivity index (χ2n) is 2.42. The molecule has 0 aliphatic carbocycles. The van der Waals surface area contributed by atoms with E-state index in [4.69, 9.17) is 0 Å². The van der Waals surface area contributed by atoms with Crippen molar-refractivity contribution in [2.75, 3.05) is 19.0 Å². The maximum Gasteiger partial charge on any atom is -0.0331 e. The molecule has 0 atom stereocenters. The van der Waals surface area contributed by atoms with Crippen molar-refractivity contribution < 1.29 is 0 Å². The Hall–Kier alpha value is 0.300. The molecule has 1 heterocycles. The molecule has 0 unspecified atom stereocenters. The van der Waals surface area contributed by atoms with Crippen LogP contribution in [0.25, 0.3) is 0 Å². The first kappa shape index (κ1) is 4.46. The molecule has 0 nitrogen and oxygen atoms in total. The fourth-order valence-electron chi connectivity index (χ4n) is 0.698. The first-order valence-corrected chi connectivity index (χ1v) is 5.19. The van der Waals surface area contributed by atoms with Crippen LogP contribution in [0.4, 0.5) is 0 Å². The van der Waals surface area contributed by atoms with Crippen LogP contribution in [0.3, 0.4) is 0 Å². The van der Waals surface area contributed by atoms with Gasteiger partial charge in [-0.25, -0.2) is 0 Å². The lowest BCUT2D eigenvalue weighted by molar-refractivity contribution is 1.02. The van der Waals surface area contributed by atoms with E-state index in [-0.39, 0.29) is 0 Å². The molecule has 1 aliphatic rings. The molecule has 0 saturated carbocycles. The van der Waals surface area contributed by atoms with Crippen LogP contribution in [0.15, 0.2) is 0 Å². The van der Waals surface area contributed by atoms with Crippen LogP contribution in [-0.2, 0) is 0 Å². The molecule has 1 heteroatoms. The molecule has 0 N–H and O–H groups in total. The van der Waals surface area contributed by atoms with Crippen molar-refractivity contribution in [1.82, 2.24) is 0 Å². The minimum absolute atomic E-state index is 0.466. The number of rotatable bonds is 0. The van der Waals surface area contributed by atoms with Gasteiger partial charge in [-0.3, -0.25) is 0 Å². The van der Waals surface area contributed by atoms with Gasteiger partial charge in [0.05, 0.1) is 0 Å². The maximum absolute atomic E-state index is 4.09. The highest BCUT2D eigenvalue weighted by Crippen LogP contribution is 2.50. The van der Waals surface area contributed by atoms with E-state index >= 15 is 0 Å². The third-order valence-corrected chi connectivity index (χ3v) is 4.19. The monoisotopic (exact) mass is 102 g/mol. The summed E-state index contributed by atoms with van der Waals surface area (Å²) in [5, 5.41) is 0. The van der Waals surface area contributed by atoms with Crippen molar-refractivity contribution in [2.24, 2.45) is 0 Å². The molecule has 0 aromatic heterocycles. The summed E-state index contributed by atoms with van der Waals surface area (Å²) in [6, 6.07) is 0. The number of hydrogen-bond acceptors (Lipinski definition) is 0. The normalized spacial score (nSPS) is 28.8. The Morgan fingerprint density at radius 1 is 1.50 bits per heavy atom. The highest BCUT2D eigenvalue weighted by Gasteiger charge is 2.15. The highest BCUT2D eigenvalue weighted by molar-refractivity contribution is 7.74. The Labute approximate surface area is 39.5 Å². The van der Waals surface area contributed by atoms with Crippen molar-refractivity contribution in [3.63, 3.8) is 0 Å². The average Bonchev–Trinajstić information content (AvgIpc) is 1.32. The van der Waals surface area contributed by atoms with Crippen LogP contribution in [0.1, 0.15) is 6.42 Å². The Kier molecular flexibility index (Phi) is 0.842. The highest BCUT2D eigenvalue weighted by atomic mass is 31.2. The second-order valence-corrected chi connectivity index (χ2v) is 6.55. The SMILES string of the molecule is C=P1(C)CCC1. The fraction of sp³-hybridized carbons (Fsp3) is 0.800. The van der Waals surface area contributed by atoms with Crippen LogP contribution >= 0.6 is 6.89 Å². The van der Waals surface area contributed by atoms with Gasteiger partial charge in [-0.05, 0) is 25.4 Å². The van der Waals surface area contributed by atoms with Crippen molar-refractivity contribution in [1.29, 1.82) is 0 Å². The lowest BCUT2D eigenvalue weighted by Gasteiger charge is -2.28. The van der Waals surface area contributed by atoms with E-state index < -0.39 is 6.89 Å². The van der Waals surface area contributed by atoms with E-state index in [1.54, 1.807) is 0 Å². The zero-order chi connectivity index (χ0) is 4.62. The molecule has 0 spiro atoms. The smallest absolute Gasteiger partial charge is 0.0331 e. The Balaban J connectivity index is 2.53. The summed E-state index contributed by atoms with van der Waals surface area (Å²) in [7, 11) is 0. The lowest BCUT2D eigenvalue weighted by Crippen LogP contribution is -2.06. The second kappa shape index (κ2) is 1.13. The third kappa shape index (κ3) is 0.680. The summed E-state index contributed by atoms with van der Waals surface area (Å²) in [5.41, 5.74) is 0. The zero-order valence-corrected chi connectivity index (χ0v) is 5.17. The Morgan fingerprint density at radius 3 is 1.83 bits per heavy atom. The maximum atomic E-state index is 4.09. The average molecular weight is 102 g/mol. The summed E-state index contributed by atoms with van der Waals surface area (Å²) < 4.78 is 0. The summed E-state index contributed by atoms with van der Waals surface area (Å²) in [4.78, 5) is 0. The van der Waals surface area contributed by atoms with E-state index in [2.05, 4.69) is 13.0 Å². The van der Waals surface area contributed by atoms with Crippen molar-refractivity contribution in [3.8, 4) is 0 Å². The van der Waals surface area contributed by atoms with Crippen molar-refractivity contribution in [3.05, 3.63) is 0 Å². The largest absolute Gasteiger partial charge is 0.115 e. The van der Waals surface area contributed by atoms with Gasteiger partial charge < -0.3 is 0 Å². The van der Waals surface area contributed by atoms with Gasteiger partial charge in [0.25, 0.3) is 0 Å². The molecule has 36 valence electrons. The Bertz CT molecular complexity index is 86.1. The van der Waals surface area contributed by atoms with Gasteiger partial charge in [-0.1, -0.05) is 0 Å². The zero-order valence-electron chi connectivity index (χ0n) is 4.28. The summed E-state index contributed by atoms with van der Waals surface area (Å²) in [6.45, 7) is 1.86. The molecule has 6 heavy (non-hydrogen) atoms. The van der Waals surface area contributed by atoms with E-state index in [9.17, 15) is 0 Å². The first-order valence-electron chi connectivity index (χ1n) is 2.40. The predicted molar refractivity (Wildman–Crippen MR) is 34.3 cm³/mol. The first-order chi connectivity index (χ1) is 2.71. The predicted octanol–water partition coefficient (Wildman–Crippen LogP) is 1.47. The van der Waals surface area contributed by atoms with Gasteiger partial charge in [0.1, 0.15) is 0 Å². The Morgan fingerprint density at radius 2 is 1.83 bits per heavy atom. The molecule has 1 saturated heterocycles. The van der Waals surface area contributed by atoms with E-state index in [0.717, 1.165) is 0 Å². The summed E-state index contributed by atoms with van der Waals surface area (Å²) in [5.74, 6) is 0. The molecule has 1 aliphatic heterocycles. The standard InChI is InChI=1S/C5H11P/c1-6(2)4-3-5-6/h1,3-5H2,2H3. The van der Waals surface area contributed by atoms with Crippen LogP contribution in [0, 0.1) is 0 Å². The van der Waals surface area contributed by atoms with Crippen LogP contribution < -0.4 is 0 Å².